The molecule has 1 fully saturated rings. The molecular formula is C23H32N4O3S. The number of nitrogens with zero attached hydrogens (tertiary/aromatic N) is 2. The van der Waals surface area contributed by atoms with Crippen LogP contribution in [0.2, 0.25) is 0 Å². The zero-order valence-corrected chi connectivity index (χ0v) is 19.2. The molecule has 2 aliphatic heterocycles. The van der Waals surface area contributed by atoms with Crippen LogP contribution in [0.3, 0.4) is 0 Å². The third kappa shape index (κ3) is 6.82. The van der Waals surface area contributed by atoms with Crippen molar-refractivity contribution in [1.29, 1.82) is 0 Å². The second kappa shape index (κ2) is 11.3. The molecule has 3 rings (SSSR count). The van der Waals surface area contributed by atoms with Crippen LogP contribution in [0.4, 0.5) is 5.69 Å². The monoisotopic (exact) mass is 444 g/mol. The number of anilines is 1. The lowest BCUT2D eigenvalue weighted by atomic mass is 10.1. The molecule has 1 aromatic carbocycles. The molecule has 3 amide bonds. The second-order valence-electron chi connectivity index (χ2n) is 8.23. The Morgan fingerprint density at radius 2 is 1.90 bits per heavy atom. The molecule has 0 aliphatic carbocycles. The van der Waals surface area contributed by atoms with Crippen molar-refractivity contribution in [2.24, 2.45) is 4.99 Å². The number of unbranched alkanes of at least 4 members (excludes halogenated alkanes) is 2. The fourth-order valence-corrected chi connectivity index (χ4v) is 4.84. The van der Waals surface area contributed by atoms with E-state index in [0.29, 0.717) is 11.3 Å². The van der Waals surface area contributed by atoms with Crippen LogP contribution in [0, 0.1) is 0 Å². The highest BCUT2D eigenvalue weighted by atomic mass is 32.2. The molecule has 8 heteroatoms. The molecule has 1 aromatic rings. The highest BCUT2D eigenvalue weighted by Crippen LogP contribution is 2.29. The van der Waals surface area contributed by atoms with Gasteiger partial charge >= 0.3 is 0 Å². The molecule has 168 valence electrons. The maximum Gasteiger partial charge on any atom is 0.262 e. The zero-order chi connectivity index (χ0) is 22.2. The third-order valence-corrected chi connectivity index (χ3v) is 6.74. The molecule has 31 heavy (non-hydrogen) atoms. The Morgan fingerprint density at radius 1 is 1.19 bits per heavy atom. The Hall–Kier alpha value is -2.35. The van der Waals surface area contributed by atoms with Gasteiger partial charge in [0.05, 0.1) is 0 Å². The van der Waals surface area contributed by atoms with Crippen molar-refractivity contribution < 1.29 is 14.4 Å². The van der Waals surface area contributed by atoms with E-state index in [1.165, 1.54) is 18.2 Å². The number of nitrogens with one attached hydrogen (secondary N) is 2. The van der Waals surface area contributed by atoms with Crippen molar-refractivity contribution >= 4 is 40.3 Å². The first-order valence-electron chi connectivity index (χ1n) is 11.2. The average molecular weight is 445 g/mol. The van der Waals surface area contributed by atoms with Crippen LogP contribution in [-0.2, 0) is 9.59 Å². The van der Waals surface area contributed by atoms with E-state index in [9.17, 15) is 14.4 Å². The molecule has 0 unspecified atom stereocenters. The fourth-order valence-electron chi connectivity index (χ4n) is 3.72. The summed E-state index contributed by atoms with van der Waals surface area (Å²) in [6.07, 6.45) is 6.72. The Kier molecular flexibility index (Phi) is 8.51. The quantitative estimate of drug-likeness (QED) is 0.565. The minimum atomic E-state index is -0.463. The van der Waals surface area contributed by atoms with Gasteiger partial charge in [-0.05, 0) is 50.5 Å². The van der Waals surface area contributed by atoms with Crippen LogP contribution in [0.5, 0.6) is 0 Å². The smallest absolute Gasteiger partial charge is 0.262 e. The van der Waals surface area contributed by atoms with Crippen molar-refractivity contribution in [3.63, 3.8) is 0 Å². The number of hydrogen-bond acceptors (Lipinski definition) is 5. The molecule has 2 N–H and O–H groups in total. The Bertz CT molecular complexity index is 819. The fraction of sp³-hybridized carbons (Fsp3) is 0.565. The van der Waals surface area contributed by atoms with Crippen LogP contribution in [0.15, 0.2) is 29.3 Å². The van der Waals surface area contributed by atoms with Gasteiger partial charge in [-0.2, -0.15) is 4.99 Å². The van der Waals surface area contributed by atoms with Gasteiger partial charge in [0, 0.05) is 36.8 Å². The zero-order valence-electron chi connectivity index (χ0n) is 18.4. The largest absolute Gasteiger partial charge is 0.351 e. The Balaban J connectivity index is 1.44. The summed E-state index contributed by atoms with van der Waals surface area (Å²) in [6.45, 7) is 6.03. The van der Waals surface area contributed by atoms with Crippen LogP contribution >= 0.6 is 11.8 Å². The summed E-state index contributed by atoms with van der Waals surface area (Å²) in [5, 5.41) is 6.11. The standard InChI is InChI=1S/C23H32N4O3S/c1-3-4-5-8-16(2)24-21(29)17-9-11-18(12-10-17)25-20(28)15-19-22(30)26-23(31-19)27-13-6-7-14-27/h9-12,16,19H,3-8,13-15H2,1-2H3,(H,24,29)(H,25,28)/t16-,19+/m1/s1. The van der Waals surface area contributed by atoms with Gasteiger partial charge in [0.25, 0.3) is 11.8 Å². The maximum absolute atomic E-state index is 12.4. The highest BCUT2D eigenvalue weighted by molar-refractivity contribution is 8.15. The van der Waals surface area contributed by atoms with Gasteiger partial charge in [0.1, 0.15) is 5.25 Å². The van der Waals surface area contributed by atoms with Crippen molar-refractivity contribution in [2.75, 3.05) is 18.4 Å². The number of hydrogen-bond donors (Lipinski definition) is 2. The SMILES string of the molecule is CCCCC[C@@H](C)NC(=O)c1ccc(NC(=O)C[C@@H]2SC(N3CCCC3)=NC2=O)cc1. The van der Waals surface area contributed by atoms with E-state index in [0.717, 1.165) is 50.4 Å². The summed E-state index contributed by atoms with van der Waals surface area (Å²) in [5.41, 5.74) is 1.17. The second-order valence-corrected chi connectivity index (χ2v) is 9.40. The lowest BCUT2D eigenvalue weighted by Crippen LogP contribution is -2.32. The van der Waals surface area contributed by atoms with Crippen molar-refractivity contribution in [1.82, 2.24) is 10.2 Å². The lowest BCUT2D eigenvalue weighted by molar-refractivity contribution is -0.121. The molecule has 0 saturated carbocycles. The van der Waals surface area contributed by atoms with Crippen LogP contribution < -0.4 is 10.6 Å². The first kappa shape index (κ1) is 23.3. The number of thioether (sulfide) groups is 1. The van der Waals surface area contributed by atoms with E-state index >= 15 is 0 Å². The molecule has 0 radical (unpaired) electrons. The number of amides is 3. The van der Waals surface area contributed by atoms with E-state index in [4.69, 9.17) is 0 Å². The molecule has 1 saturated heterocycles. The summed E-state index contributed by atoms with van der Waals surface area (Å²) in [4.78, 5) is 43.2. The Morgan fingerprint density at radius 3 is 2.58 bits per heavy atom. The van der Waals surface area contributed by atoms with E-state index in [-0.39, 0.29) is 30.2 Å². The molecule has 2 aliphatic rings. The number of aliphatic imine (C=N–C) groups is 1. The summed E-state index contributed by atoms with van der Waals surface area (Å²) >= 11 is 1.39. The number of carbonyl (C=O) groups excluding carboxylic acids is 3. The van der Waals surface area contributed by atoms with Gasteiger partial charge in [0.15, 0.2) is 5.17 Å². The summed E-state index contributed by atoms with van der Waals surface area (Å²) in [7, 11) is 0. The number of amidine groups is 1. The van der Waals surface area contributed by atoms with Gasteiger partial charge < -0.3 is 15.5 Å². The van der Waals surface area contributed by atoms with E-state index in [1.54, 1.807) is 24.3 Å². The summed E-state index contributed by atoms with van der Waals surface area (Å²) in [5.74, 6) is -0.575. The molecule has 2 heterocycles. The van der Waals surface area contributed by atoms with Crippen molar-refractivity contribution in [2.45, 2.75) is 70.1 Å². The van der Waals surface area contributed by atoms with Gasteiger partial charge in [-0.25, -0.2) is 0 Å². The maximum atomic E-state index is 12.4. The Labute approximate surface area is 188 Å². The predicted octanol–water partition coefficient (Wildman–Crippen LogP) is 3.81. The highest BCUT2D eigenvalue weighted by Gasteiger charge is 2.33. The first-order valence-corrected chi connectivity index (χ1v) is 12.1. The lowest BCUT2D eigenvalue weighted by Gasteiger charge is -2.16. The van der Waals surface area contributed by atoms with Gasteiger partial charge in [0.2, 0.25) is 5.91 Å². The van der Waals surface area contributed by atoms with Gasteiger partial charge in [-0.1, -0.05) is 37.9 Å². The number of carbonyl (C=O) groups is 3. The number of likely N-dealkylation sites (tertiary alicyclic amines) is 1. The van der Waals surface area contributed by atoms with Crippen molar-refractivity contribution in [3.05, 3.63) is 29.8 Å². The topological polar surface area (TPSA) is 90.9 Å². The van der Waals surface area contributed by atoms with E-state index in [1.807, 2.05) is 6.92 Å². The minimum absolute atomic E-state index is 0.0852. The molecule has 0 spiro atoms. The predicted molar refractivity (Wildman–Crippen MR) is 125 cm³/mol. The summed E-state index contributed by atoms with van der Waals surface area (Å²) < 4.78 is 0. The van der Waals surface area contributed by atoms with Crippen molar-refractivity contribution in [3.8, 4) is 0 Å². The van der Waals surface area contributed by atoms with E-state index < -0.39 is 5.25 Å². The number of rotatable bonds is 9. The first-order chi connectivity index (χ1) is 15.0. The van der Waals surface area contributed by atoms with Crippen LogP contribution in [0.1, 0.15) is 69.2 Å². The van der Waals surface area contributed by atoms with Crippen LogP contribution in [0.25, 0.3) is 0 Å². The summed E-state index contributed by atoms with van der Waals surface area (Å²) in [6, 6.07) is 6.96. The molecule has 2 atom stereocenters. The average Bonchev–Trinajstić information content (AvgIpc) is 3.39. The van der Waals surface area contributed by atoms with Gasteiger partial charge in [-0.15, -0.1) is 0 Å². The third-order valence-electron chi connectivity index (χ3n) is 5.53. The minimum Gasteiger partial charge on any atom is -0.351 e. The molecular weight excluding hydrogens is 412 g/mol. The van der Waals surface area contributed by atoms with E-state index in [2.05, 4.69) is 27.4 Å². The normalized spacial score (nSPS) is 19.3. The molecule has 0 bridgehead atoms. The van der Waals surface area contributed by atoms with Gasteiger partial charge in [-0.3, -0.25) is 14.4 Å². The molecule has 0 aromatic heterocycles. The van der Waals surface area contributed by atoms with Crippen LogP contribution in [-0.4, -0.2) is 52.2 Å². The number of benzene rings is 1. The molecule has 7 nitrogen and oxygen atoms in total.